The third-order valence-electron chi connectivity index (χ3n) is 4.74. The van der Waals surface area contributed by atoms with E-state index in [0.29, 0.717) is 31.9 Å². The van der Waals surface area contributed by atoms with Crippen molar-refractivity contribution in [1.29, 1.82) is 0 Å². The van der Waals surface area contributed by atoms with E-state index in [0.717, 1.165) is 17.7 Å². The van der Waals surface area contributed by atoms with Crippen LogP contribution in [0.15, 0.2) is 30.3 Å². The number of nitro groups is 1. The van der Waals surface area contributed by atoms with E-state index in [4.69, 9.17) is 0 Å². The molecule has 0 spiro atoms. The first-order chi connectivity index (χ1) is 12.5. The molecule has 0 bridgehead atoms. The Morgan fingerprint density at radius 3 is 2.58 bits per heavy atom. The van der Waals surface area contributed by atoms with Crippen molar-refractivity contribution in [2.24, 2.45) is 0 Å². The van der Waals surface area contributed by atoms with Gasteiger partial charge >= 0.3 is 0 Å². The molecular formula is C19H23N3O3S. The maximum Gasteiger partial charge on any atom is 0.292 e. The first-order valence-electron chi connectivity index (χ1n) is 8.88. The molecule has 2 heterocycles. The molecule has 1 aliphatic heterocycles. The Labute approximate surface area is 157 Å². The highest BCUT2D eigenvalue weighted by molar-refractivity contribution is 7.14. The van der Waals surface area contributed by atoms with Crippen LogP contribution in [-0.2, 0) is 6.42 Å². The van der Waals surface area contributed by atoms with Crippen LogP contribution in [0.2, 0.25) is 0 Å². The summed E-state index contributed by atoms with van der Waals surface area (Å²) in [6.45, 7) is 6.56. The van der Waals surface area contributed by atoms with Crippen LogP contribution in [0.3, 0.4) is 0 Å². The van der Waals surface area contributed by atoms with Gasteiger partial charge in [0.25, 0.3) is 11.6 Å². The number of aryl methyl sites for hydroxylation is 2. The molecule has 7 heteroatoms. The highest BCUT2D eigenvalue weighted by atomic mass is 32.1. The van der Waals surface area contributed by atoms with Crippen LogP contribution in [0, 0.1) is 17.0 Å². The number of benzene rings is 1. The van der Waals surface area contributed by atoms with Crippen LogP contribution in [-0.4, -0.2) is 41.9 Å². The Balaban J connectivity index is 1.68. The fraction of sp³-hybridized carbons (Fsp3) is 0.421. The second-order valence-electron chi connectivity index (χ2n) is 6.47. The fourth-order valence-corrected chi connectivity index (χ4v) is 4.37. The second-order valence-corrected chi connectivity index (χ2v) is 7.72. The van der Waals surface area contributed by atoms with Crippen molar-refractivity contribution < 1.29 is 9.72 Å². The lowest BCUT2D eigenvalue weighted by Crippen LogP contribution is -2.48. The summed E-state index contributed by atoms with van der Waals surface area (Å²) in [6.07, 6.45) is 2.07. The minimum Gasteiger partial charge on any atom is -0.362 e. The van der Waals surface area contributed by atoms with Crippen LogP contribution in [0.5, 0.6) is 0 Å². The monoisotopic (exact) mass is 373 g/mol. The molecule has 26 heavy (non-hydrogen) atoms. The molecule has 1 amide bonds. The average Bonchev–Trinajstić information content (AvgIpc) is 3.02. The van der Waals surface area contributed by atoms with Crippen LogP contribution in [0.1, 0.15) is 33.5 Å². The molecule has 1 aromatic heterocycles. The van der Waals surface area contributed by atoms with Crippen LogP contribution < -0.4 is 4.90 Å². The Morgan fingerprint density at radius 1 is 1.23 bits per heavy atom. The Bertz CT molecular complexity index is 810. The molecule has 3 rings (SSSR count). The smallest absolute Gasteiger partial charge is 0.292 e. The summed E-state index contributed by atoms with van der Waals surface area (Å²) in [6, 6.07) is 8.81. The second kappa shape index (κ2) is 7.86. The average molecular weight is 373 g/mol. The quantitative estimate of drug-likeness (QED) is 0.589. The van der Waals surface area contributed by atoms with Gasteiger partial charge in [-0.2, -0.15) is 0 Å². The summed E-state index contributed by atoms with van der Waals surface area (Å²) >= 11 is 1.57. The zero-order valence-corrected chi connectivity index (χ0v) is 15.9. The van der Waals surface area contributed by atoms with E-state index in [9.17, 15) is 14.9 Å². The number of carbonyl (C=O) groups is 1. The van der Waals surface area contributed by atoms with Gasteiger partial charge in [-0.05, 0) is 31.0 Å². The summed E-state index contributed by atoms with van der Waals surface area (Å²) < 4.78 is 0. The van der Waals surface area contributed by atoms with Crippen molar-refractivity contribution in [2.75, 3.05) is 31.1 Å². The molecule has 0 unspecified atom stereocenters. The molecule has 6 nitrogen and oxygen atoms in total. The number of thiophene rings is 1. The first kappa shape index (κ1) is 18.4. The van der Waals surface area contributed by atoms with Crippen molar-refractivity contribution in [1.82, 2.24) is 4.90 Å². The highest BCUT2D eigenvalue weighted by Gasteiger charge is 2.26. The standard InChI is InChI=1S/C19H23N3O3S/c1-3-6-15-13-18(26-14(15)2)19(23)21-11-9-20(10-12-21)16-7-4-5-8-17(16)22(24)25/h4-5,7-8,13H,3,6,9-12H2,1-2H3. The maximum atomic E-state index is 12.8. The maximum absolute atomic E-state index is 12.8. The van der Waals surface area contributed by atoms with Crippen molar-refractivity contribution >= 4 is 28.6 Å². The number of piperazine rings is 1. The Morgan fingerprint density at radius 2 is 1.92 bits per heavy atom. The molecule has 0 aliphatic carbocycles. The summed E-state index contributed by atoms with van der Waals surface area (Å²) in [4.78, 5) is 29.5. The van der Waals surface area contributed by atoms with Crippen LogP contribution >= 0.6 is 11.3 Å². The Hall–Kier alpha value is -2.41. The van der Waals surface area contributed by atoms with Gasteiger partial charge in [0.15, 0.2) is 0 Å². The predicted octanol–water partition coefficient (Wildman–Crippen LogP) is 3.88. The van der Waals surface area contributed by atoms with Crippen molar-refractivity contribution in [3.05, 3.63) is 55.8 Å². The van der Waals surface area contributed by atoms with Gasteiger partial charge in [0, 0.05) is 37.1 Å². The van der Waals surface area contributed by atoms with E-state index >= 15 is 0 Å². The number of nitro benzene ring substituents is 1. The summed E-state index contributed by atoms with van der Waals surface area (Å²) in [5.74, 6) is 0.0719. The number of carbonyl (C=O) groups excluding carboxylic acids is 1. The summed E-state index contributed by atoms with van der Waals surface area (Å²) in [5, 5.41) is 11.2. The van der Waals surface area contributed by atoms with Crippen LogP contribution in [0.4, 0.5) is 11.4 Å². The van der Waals surface area contributed by atoms with Crippen molar-refractivity contribution in [3.8, 4) is 0 Å². The number of nitrogens with zero attached hydrogens (tertiary/aromatic N) is 3. The van der Waals surface area contributed by atoms with E-state index in [1.807, 2.05) is 21.9 Å². The lowest BCUT2D eigenvalue weighted by atomic mass is 10.1. The lowest BCUT2D eigenvalue weighted by molar-refractivity contribution is -0.384. The van der Waals surface area contributed by atoms with Crippen molar-refractivity contribution in [3.63, 3.8) is 0 Å². The fourth-order valence-electron chi connectivity index (χ4n) is 3.33. The van der Waals surface area contributed by atoms with Gasteiger partial charge in [0.05, 0.1) is 9.80 Å². The van der Waals surface area contributed by atoms with E-state index in [2.05, 4.69) is 13.8 Å². The minimum atomic E-state index is -0.351. The SMILES string of the molecule is CCCc1cc(C(=O)N2CCN(c3ccccc3[N+](=O)[O-])CC2)sc1C. The van der Waals surface area contributed by atoms with E-state index in [-0.39, 0.29) is 16.5 Å². The van der Waals surface area contributed by atoms with Crippen LogP contribution in [0.25, 0.3) is 0 Å². The summed E-state index contributed by atoms with van der Waals surface area (Å²) in [7, 11) is 0. The lowest BCUT2D eigenvalue weighted by Gasteiger charge is -2.35. The summed E-state index contributed by atoms with van der Waals surface area (Å²) in [5.41, 5.74) is 2.01. The van der Waals surface area contributed by atoms with Gasteiger partial charge in [-0.1, -0.05) is 25.5 Å². The van der Waals surface area contributed by atoms with Gasteiger partial charge in [0.2, 0.25) is 0 Å². The third kappa shape index (κ3) is 3.72. The molecule has 1 aliphatic rings. The third-order valence-corrected chi connectivity index (χ3v) is 5.82. The molecular weight excluding hydrogens is 350 g/mol. The number of anilines is 1. The molecule has 2 aromatic rings. The first-order valence-corrected chi connectivity index (χ1v) is 9.70. The number of hydrogen-bond acceptors (Lipinski definition) is 5. The van der Waals surface area contributed by atoms with E-state index < -0.39 is 0 Å². The molecule has 0 N–H and O–H groups in total. The van der Waals surface area contributed by atoms with Gasteiger partial charge in [-0.25, -0.2) is 0 Å². The zero-order chi connectivity index (χ0) is 18.7. The zero-order valence-electron chi connectivity index (χ0n) is 15.1. The van der Waals surface area contributed by atoms with Gasteiger partial charge in [0.1, 0.15) is 5.69 Å². The van der Waals surface area contributed by atoms with E-state index in [1.165, 1.54) is 16.5 Å². The van der Waals surface area contributed by atoms with Gasteiger partial charge in [-0.3, -0.25) is 14.9 Å². The van der Waals surface area contributed by atoms with E-state index in [1.54, 1.807) is 23.5 Å². The topological polar surface area (TPSA) is 66.7 Å². The Kier molecular flexibility index (Phi) is 5.56. The molecule has 1 saturated heterocycles. The largest absolute Gasteiger partial charge is 0.362 e. The predicted molar refractivity (Wildman–Crippen MR) is 104 cm³/mol. The number of para-hydroxylation sites is 2. The molecule has 1 aromatic carbocycles. The molecule has 0 saturated carbocycles. The normalized spacial score (nSPS) is 14.5. The minimum absolute atomic E-state index is 0.0719. The number of amides is 1. The highest BCUT2D eigenvalue weighted by Crippen LogP contribution is 2.29. The number of hydrogen-bond donors (Lipinski definition) is 0. The van der Waals surface area contributed by atoms with Crippen molar-refractivity contribution in [2.45, 2.75) is 26.7 Å². The van der Waals surface area contributed by atoms with Gasteiger partial charge < -0.3 is 9.80 Å². The molecule has 1 fully saturated rings. The molecule has 0 radical (unpaired) electrons. The molecule has 138 valence electrons. The number of rotatable bonds is 5. The molecule has 0 atom stereocenters. The van der Waals surface area contributed by atoms with Gasteiger partial charge in [-0.15, -0.1) is 11.3 Å².